The molecule has 0 aliphatic heterocycles. The van der Waals surface area contributed by atoms with Crippen LogP contribution in [0.4, 0.5) is 5.69 Å². The minimum atomic E-state index is -3.72. The molecule has 1 N–H and O–H groups in total. The standard InChI is InChI=1S/C21H28N2O5S2/c1-14-7-8-15(2)20(13-14)23(30(6,27)28)17(4)21(24)22-16(3)18-9-11-19(12-10-18)29(5,25)26/h7-13,16-17H,1-6H3,(H,22,24)/t16-,17+/m0/s1. The zero-order valence-corrected chi connectivity index (χ0v) is 19.6. The molecule has 9 heteroatoms. The number of nitrogens with one attached hydrogen (secondary N) is 1. The molecule has 2 aromatic rings. The van der Waals surface area contributed by atoms with Gasteiger partial charge in [-0.25, -0.2) is 16.8 Å². The van der Waals surface area contributed by atoms with Crippen molar-refractivity contribution < 1.29 is 21.6 Å². The number of anilines is 1. The highest BCUT2D eigenvalue weighted by atomic mass is 32.2. The first-order chi connectivity index (χ1) is 13.7. The summed E-state index contributed by atoms with van der Waals surface area (Å²) in [5.74, 6) is -0.457. The lowest BCUT2D eigenvalue weighted by Gasteiger charge is -2.30. The Hall–Kier alpha value is -2.39. The molecule has 1 amide bonds. The lowest BCUT2D eigenvalue weighted by atomic mass is 10.1. The quantitative estimate of drug-likeness (QED) is 0.696. The van der Waals surface area contributed by atoms with Crippen molar-refractivity contribution in [3.8, 4) is 0 Å². The Morgan fingerprint density at radius 1 is 0.933 bits per heavy atom. The second-order valence-corrected chi connectivity index (χ2v) is 11.5. The number of benzene rings is 2. The van der Waals surface area contributed by atoms with Crippen molar-refractivity contribution in [1.82, 2.24) is 5.32 Å². The number of aryl methyl sites for hydroxylation is 2. The number of nitrogens with zero attached hydrogens (tertiary/aromatic N) is 1. The van der Waals surface area contributed by atoms with Gasteiger partial charge in [-0.15, -0.1) is 0 Å². The molecule has 164 valence electrons. The van der Waals surface area contributed by atoms with Gasteiger partial charge >= 0.3 is 0 Å². The van der Waals surface area contributed by atoms with Gasteiger partial charge in [-0.1, -0.05) is 24.3 Å². The van der Waals surface area contributed by atoms with Crippen molar-refractivity contribution in [3.63, 3.8) is 0 Å². The van der Waals surface area contributed by atoms with Crippen molar-refractivity contribution >= 4 is 31.5 Å². The Morgan fingerprint density at radius 2 is 1.50 bits per heavy atom. The van der Waals surface area contributed by atoms with Crippen LogP contribution in [0.1, 0.15) is 36.6 Å². The van der Waals surface area contributed by atoms with E-state index in [4.69, 9.17) is 0 Å². The van der Waals surface area contributed by atoms with Crippen molar-refractivity contribution in [2.24, 2.45) is 0 Å². The Labute approximate surface area is 179 Å². The summed E-state index contributed by atoms with van der Waals surface area (Å²) in [4.78, 5) is 13.1. The summed E-state index contributed by atoms with van der Waals surface area (Å²) in [5.41, 5.74) is 2.80. The molecule has 0 fully saturated rings. The van der Waals surface area contributed by atoms with Crippen LogP contribution in [-0.2, 0) is 24.7 Å². The number of hydrogen-bond acceptors (Lipinski definition) is 5. The first-order valence-electron chi connectivity index (χ1n) is 9.39. The summed E-state index contributed by atoms with van der Waals surface area (Å²) in [5, 5.41) is 2.82. The van der Waals surface area contributed by atoms with Crippen molar-refractivity contribution in [1.29, 1.82) is 0 Å². The van der Waals surface area contributed by atoms with Gasteiger partial charge in [-0.05, 0) is 62.6 Å². The van der Waals surface area contributed by atoms with Crippen LogP contribution in [0, 0.1) is 13.8 Å². The van der Waals surface area contributed by atoms with E-state index in [1.807, 2.05) is 19.1 Å². The molecule has 2 rings (SSSR count). The van der Waals surface area contributed by atoms with Crippen LogP contribution in [0.2, 0.25) is 0 Å². The summed E-state index contributed by atoms with van der Waals surface area (Å²) < 4.78 is 49.4. The highest BCUT2D eigenvalue weighted by molar-refractivity contribution is 7.92. The van der Waals surface area contributed by atoms with Gasteiger partial charge in [-0.2, -0.15) is 0 Å². The van der Waals surface area contributed by atoms with E-state index in [0.717, 1.165) is 27.9 Å². The fourth-order valence-corrected chi connectivity index (χ4v) is 5.01. The average Bonchev–Trinajstić information content (AvgIpc) is 2.62. The molecule has 2 atom stereocenters. The number of sulfonamides is 1. The monoisotopic (exact) mass is 452 g/mol. The first kappa shape index (κ1) is 23.9. The van der Waals surface area contributed by atoms with Crippen LogP contribution in [0.15, 0.2) is 47.4 Å². The van der Waals surface area contributed by atoms with Crippen molar-refractivity contribution in [2.45, 2.75) is 44.7 Å². The largest absolute Gasteiger partial charge is 0.348 e. The summed E-state index contributed by atoms with van der Waals surface area (Å²) in [6, 6.07) is 10.3. The number of carbonyl (C=O) groups is 1. The Balaban J connectivity index is 2.28. The second kappa shape index (κ2) is 8.77. The average molecular weight is 453 g/mol. The third-order valence-electron chi connectivity index (χ3n) is 4.86. The Morgan fingerprint density at radius 3 is 2.00 bits per heavy atom. The summed E-state index contributed by atoms with van der Waals surface area (Å²) in [6.07, 6.45) is 2.20. The fraction of sp³-hybridized carbons (Fsp3) is 0.381. The third kappa shape index (κ3) is 5.60. The van der Waals surface area contributed by atoms with Gasteiger partial charge in [0.15, 0.2) is 9.84 Å². The van der Waals surface area contributed by atoms with Gasteiger partial charge in [0, 0.05) is 6.26 Å². The molecule has 7 nitrogen and oxygen atoms in total. The maximum absolute atomic E-state index is 12.9. The van der Waals surface area contributed by atoms with E-state index in [1.54, 1.807) is 32.0 Å². The molecule has 0 aliphatic rings. The van der Waals surface area contributed by atoms with Gasteiger partial charge < -0.3 is 5.32 Å². The molecule has 0 saturated carbocycles. The molecule has 0 heterocycles. The highest BCUT2D eigenvalue weighted by Crippen LogP contribution is 2.26. The van der Waals surface area contributed by atoms with Crippen molar-refractivity contribution in [2.75, 3.05) is 16.8 Å². The molecule has 2 aromatic carbocycles. The van der Waals surface area contributed by atoms with Gasteiger partial charge in [0.1, 0.15) is 6.04 Å². The molecule has 0 aromatic heterocycles. The predicted octanol–water partition coefficient (Wildman–Crippen LogP) is 2.74. The molecule has 0 radical (unpaired) electrons. The summed E-state index contributed by atoms with van der Waals surface area (Å²) in [7, 11) is -7.03. The smallest absolute Gasteiger partial charge is 0.244 e. The van der Waals surface area contributed by atoms with E-state index in [2.05, 4.69) is 5.32 Å². The number of sulfone groups is 1. The van der Waals surface area contributed by atoms with Crippen LogP contribution in [0.3, 0.4) is 0 Å². The maximum Gasteiger partial charge on any atom is 0.244 e. The fourth-order valence-electron chi connectivity index (χ4n) is 3.16. The zero-order valence-electron chi connectivity index (χ0n) is 18.0. The predicted molar refractivity (Wildman–Crippen MR) is 119 cm³/mol. The van der Waals surface area contributed by atoms with Crippen LogP contribution >= 0.6 is 0 Å². The topological polar surface area (TPSA) is 101 Å². The molecule has 0 saturated heterocycles. The van der Waals surface area contributed by atoms with Crippen LogP contribution < -0.4 is 9.62 Å². The minimum Gasteiger partial charge on any atom is -0.348 e. The maximum atomic E-state index is 12.9. The number of carbonyl (C=O) groups excluding carboxylic acids is 1. The van der Waals surface area contributed by atoms with Gasteiger partial charge in [-0.3, -0.25) is 9.10 Å². The minimum absolute atomic E-state index is 0.191. The third-order valence-corrected chi connectivity index (χ3v) is 7.21. The van der Waals surface area contributed by atoms with Crippen LogP contribution in [0.25, 0.3) is 0 Å². The molecule has 0 aliphatic carbocycles. The van der Waals surface area contributed by atoms with E-state index in [-0.39, 0.29) is 4.90 Å². The molecule has 0 bridgehead atoms. The van der Waals surface area contributed by atoms with Gasteiger partial charge in [0.25, 0.3) is 0 Å². The van der Waals surface area contributed by atoms with E-state index in [0.29, 0.717) is 11.3 Å². The summed E-state index contributed by atoms with van der Waals surface area (Å²) in [6.45, 7) is 6.94. The van der Waals surface area contributed by atoms with Crippen LogP contribution in [-0.4, -0.2) is 41.3 Å². The highest BCUT2D eigenvalue weighted by Gasteiger charge is 2.31. The zero-order chi connectivity index (χ0) is 22.9. The molecule has 0 spiro atoms. The number of hydrogen-bond donors (Lipinski definition) is 1. The van der Waals surface area contributed by atoms with Gasteiger partial charge in [0.05, 0.1) is 22.9 Å². The lowest BCUT2D eigenvalue weighted by Crippen LogP contribution is -2.48. The summed E-state index contributed by atoms with van der Waals surface area (Å²) >= 11 is 0. The van der Waals surface area contributed by atoms with Crippen molar-refractivity contribution in [3.05, 3.63) is 59.2 Å². The Kier molecular flexibility index (Phi) is 6.98. The molecule has 30 heavy (non-hydrogen) atoms. The lowest BCUT2D eigenvalue weighted by molar-refractivity contribution is -0.122. The number of amides is 1. The second-order valence-electron chi connectivity index (χ2n) is 7.60. The first-order valence-corrected chi connectivity index (χ1v) is 13.1. The Bertz CT molecular complexity index is 1140. The van der Waals surface area contributed by atoms with E-state index < -0.39 is 37.9 Å². The molecule has 0 unspecified atom stereocenters. The van der Waals surface area contributed by atoms with E-state index in [1.165, 1.54) is 19.1 Å². The van der Waals surface area contributed by atoms with E-state index in [9.17, 15) is 21.6 Å². The normalized spacial score (nSPS) is 14.1. The van der Waals surface area contributed by atoms with Gasteiger partial charge in [0.2, 0.25) is 15.9 Å². The van der Waals surface area contributed by atoms with E-state index >= 15 is 0 Å². The molecular weight excluding hydrogens is 424 g/mol. The molecular formula is C21H28N2O5S2. The SMILES string of the molecule is Cc1ccc(C)c(N([C@H](C)C(=O)N[C@@H](C)c2ccc(S(C)(=O)=O)cc2)S(C)(=O)=O)c1. The van der Waals surface area contributed by atoms with Crippen LogP contribution in [0.5, 0.6) is 0 Å². The number of rotatable bonds is 7.